The summed E-state index contributed by atoms with van der Waals surface area (Å²) < 4.78 is 1.89. The quantitative estimate of drug-likeness (QED) is 0.437. The number of carbonyl (C=O) groups is 1. The van der Waals surface area contributed by atoms with Crippen molar-refractivity contribution in [1.29, 1.82) is 0 Å². The Morgan fingerprint density at radius 2 is 2.00 bits per heavy atom. The summed E-state index contributed by atoms with van der Waals surface area (Å²) in [5.74, 6) is 0.395. The predicted molar refractivity (Wildman–Crippen MR) is 121 cm³/mol. The number of hydrogen-bond acceptors (Lipinski definition) is 5. The van der Waals surface area contributed by atoms with Crippen LogP contribution in [-0.4, -0.2) is 38.7 Å². The predicted octanol–water partition coefficient (Wildman–Crippen LogP) is 5.14. The molecular weight excluding hydrogens is 412 g/mol. The van der Waals surface area contributed by atoms with Crippen LogP contribution >= 0.6 is 22.7 Å². The zero-order valence-electron chi connectivity index (χ0n) is 16.5. The molecule has 1 fully saturated rings. The number of carbonyl (C=O) groups excluding carboxylic acids is 1. The molecule has 1 aliphatic rings. The summed E-state index contributed by atoms with van der Waals surface area (Å²) in [4.78, 5) is 21.0. The van der Waals surface area contributed by atoms with Crippen molar-refractivity contribution in [3.05, 3.63) is 81.8 Å². The number of likely N-dealkylation sites (tertiary alicyclic amines) is 1. The van der Waals surface area contributed by atoms with Gasteiger partial charge in [0, 0.05) is 36.8 Å². The van der Waals surface area contributed by atoms with E-state index in [-0.39, 0.29) is 5.91 Å². The lowest BCUT2D eigenvalue weighted by atomic mass is 9.98. The first kappa shape index (κ1) is 19.2. The minimum Gasteiger partial charge on any atom is -0.338 e. The van der Waals surface area contributed by atoms with Gasteiger partial charge in [-0.25, -0.2) is 4.98 Å². The lowest BCUT2D eigenvalue weighted by molar-refractivity contribution is 0.0707. The number of benzene rings is 1. The summed E-state index contributed by atoms with van der Waals surface area (Å²) in [5.41, 5.74) is 2.63. The number of piperidine rings is 1. The summed E-state index contributed by atoms with van der Waals surface area (Å²) in [7, 11) is 0. The lowest BCUT2D eigenvalue weighted by Gasteiger charge is -2.31. The smallest absolute Gasteiger partial charge is 0.257 e. The Bertz CT molecular complexity index is 1100. The standard InChI is InChI=1S/C23H22N4OS2/c28-23(26-11-4-8-18(15-26)22-24-10-13-30-22)19-16-27(14-17-6-2-1-3-7-17)25-21(19)20-9-5-12-29-20/h1-3,5-7,9-10,12-13,16,18H,4,8,11,14-15H2. The number of rotatable bonds is 5. The van der Waals surface area contributed by atoms with Gasteiger partial charge in [0.2, 0.25) is 0 Å². The third kappa shape index (κ3) is 3.95. The fourth-order valence-corrected chi connectivity index (χ4v) is 5.49. The average molecular weight is 435 g/mol. The van der Waals surface area contributed by atoms with E-state index in [2.05, 4.69) is 17.1 Å². The molecule has 1 amide bonds. The van der Waals surface area contributed by atoms with Crippen molar-refractivity contribution in [3.63, 3.8) is 0 Å². The van der Waals surface area contributed by atoms with E-state index in [0.29, 0.717) is 18.0 Å². The van der Waals surface area contributed by atoms with E-state index in [4.69, 9.17) is 5.10 Å². The summed E-state index contributed by atoms with van der Waals surface area (Å²) in [6.45, 7) is 2.16. The second-order valence-corrected chi connectivity index (χ2v) is 9.39. The molecule has 0 saturated carbocycles. The largest absolute Gasteiger partial charge is 0.338 e. The topological polar surface area (TPSA) is 51.0 Å². The molecule has 1 saturated heterocycles. The third-order valence-corrected chi connectivity index (χ3v) is 7.26. The molecule has 3 aromatic heterocycles. The molecule has 152 valence electrons. The summed E-state index contributed by atoms with van der Waals surface area (Å²) in [6, 6.07) is 14.3. The van der Waals surface area contributed by atoms with Gasteiger partial charge in [-0.3, -0.25) is 9.48 Å². The van der Waals surface area contributed by atoms with Crippen LogP contribution < -0.4 is 0 Å². The van der Waals surface area contributed by atoms with Crippen molar-refractivity contribution in [2.45, 2.75) is 25.3 Å². The Morgan fingerprint density at radius 3 is 2.77 bits per heavy atom. The highest BCUT2D eigenvalue weighted by Gasteiger charge is 2.29. The van der Waals surface area contributed by atoms with Crippen molar-refractivity contribution >= 4 is 28.6 Å². The van der Waals surface area contributed by atoms with Crippen LogP contribution in [0.3, 0.4) is 0 Å². The van der Waals surface area contributed by atoms with E-state index in [0.717, 1.165) is 41.5 Å². The van der Waals surface area contributed by atoms with Crippen molar-refractivity contribution in [1.82, 2.24) is 19.7 Å². The van der Waals surface area contributed by atoms with Crippen LogP contribution in [0.25, 0.3) is 10.6 Å². The van der Waals surface area contributed by atoms with Crippen LogP contribution in [0.15, 0.2) is 65.6 Å². The first-order valence-corrected chi connectivity index (χ1v) is 11.9. The molecule has 7 heteroatoms. The van der Waals surface area contributed by atoms with Crippen LogP contribution in [0.2, 0.25) is 0 Å². The Kier molecular flexibility index (Phi) is 5.46. The van der Waals surface area contributed by atoms with Gasteiger partial charge in [-0.05, 0) is 29.9 Å². The van der Waals surface area contributed by atoms with Crippen molar-refractivity contribution in [2.24, 2.45) is 0 Å². The summed E-state index contributed by atoms with van der Waals surface area (Å²) in [5, 5.41) is 9.97. The van der Waals surface area contributed by atoms with Gasteiger partial charge in [0.15, 0.2) is 0 Å². The van der Waals surface area contributed by atoms with E-state index in [9.17, 15) is 4.79 Å². The molecule has 1 aliphatic heterocycles. The molecule has 5 nitrogen and oxygen atoms in total. The second-order valence-electron chi connectivity index (χ2n) is 7.51. The maximum Gasteiger partial charge on any atom is 0.257 e. The van der Waals surface area contributed by atoms with Gasteiger partial charge in [-0.15, -0.1) is 22.7 Å². The molecule has 0 aliphatic carbocycles. The Labute approximate surface area is 183 Å². The molecule has 0 radical (unpaired) electrons. The fraction of sp³-hybridized carbons (Fsp3) is 0.261. The number of aromatic nitrogens is 3. The van der Waals surface area contributed by atoms with Crippen LogP contribution in [0.4, 0.5) is 0 Å². The lowest BCUT2D eigenvalue weighted by Crippen LogP contribution is -2.39. The van der Waals surface area contributed by atoms with E-state index in [1.807, 2.05) is 63.1 Å². The molecule has 4 aromatic rings. The first-order chi connectivity index (χ1) is 14.8. The molecule has 1 aromatic carbocycles. The van der Waals surface area contributed by atoms with E-state index in [1.165, 1.54) is 5.56 Å². The number of thiophene rings is 1. The molecule has 5 rings (SSSR count). The first-order valence-electron chi connectivity index (χ1n) is 10.1. The zero-order valence-corrected chi connectivity index (χ0v) is 18.1. The SMILES string of the molecule is O=C(c1cn(Cc2ccccc2)nc1-c1cccs1)N1CCCC(c2nccs2)C1. The Morgan fingerprint density at radius 1 is 1.10 bits per heavy atom. The van der Waals surface area contributed by atoms with Crippen LogP contribution in [-0.2, 0) is 6.54 Å². The van der Waals surface area contributed by atoms with Crippen molar-refractivity contribution in [2.75, 3.05) is 13.1 Å². The van der Waals surface area contributed by atoms with Crippen LogP contribution in [0.5, 0.6) is 0 Å². The molecule has 1 atom stereocenters. The Balaban J connectivity index is 1.44. The van der Waals surface area contributed by atoms with Gasteiger partial charge < -0.3 is 4.90 Å². The van der Waals surface area contributed by atoms with E-state index >= 15 is 0 Å². The monoisotopic (exact) mass is 434 g/mol. The van der Waals surface area contributed by atoms with Crippen LogP contribution in [0.1, 0.15) is 39.7 Å². The highest BCUT2D eigenvalue weighted by atomic mass is 32.1. The molecule has 0 spiro atoms. The molecule has 1 unspecified atom stereocenters. The molecule has 30 heavy (non-hydrogen) atoms. The number of amides is 1. The second kappa shape index (κ2) is 8.53. The highest BCUT2D eigenvalue weighted by molar-refractivity contribution is 7.13. The summed E-state index contributed by atoms with van der Waals surface area (Å²) in [6.07, 6.45) is 5.85. The zero-order chi connectivity index (χ0) is 20.3. The van der Waals surface area contributed by atoms with Gasteiger partial charge in [-0.2, -0.15) is 5.10 Å². The maximum atomic E-state index is 13.6. The average Bonchev–Trinajstić information content (AvgIpc) is 3.55. The molecule has 0 N–H and O–H groups in total. The van der Waals surface area contributed by atoms with Crippen LogP contribution in [0, 0.1) is 0 Å². The number of nitrogens with zero attached hydrogens (tertiary/aromatic N) is 4. The minimum absolute atomic E-state index is 0.0685. The van der Waals surface area contributed by atoms with Gasteiger partial charge in [0.05, 0.1) is 22.0 Å². The molecule has 4 heterocycles. The van der Waals surface area contributed by atoms with Gasteiger partial charge in [0.25, 0.3) is 5.91 Å². The highest BCUT2D eigenvalue weighted by Crippen LogP contribution is 2.32. The summed E-state index contributed by atoms with van der Waals surface area (Å²) >= 11 is 3.30. The minimum atomic E-state index is 0.0685. The van der Waals surface area contributed by atoms with Gasteiger partial charge in [0.1, 0.15) is 5.69 Å². The van der Waals surface area contributed by atoms with Gasteiger partial charge >= 0.3 is 0 Å². The van der Waals surface area contributed by atoms with E-state index in [1.54, 1.807) is 22.7 Å². The Hall–Kier alpha value is -2.77. The van der Waals surface area contributed by atoms with Gasteiger partial charge in [-0.1, -0.05) is 36.4 Å². The van der Waals surface area contributed by atoms with E-state index < -0.39 is 0 Å². The normalized spacial score (nSPS) is 16.7. The molecule has 0 bridgehead atoms. The third-order valence-electron chi connectivity index (χ3n) is 5.44. The fourth-order valence-electron chi connectivity index (χ4n) is 3.99. The number of hydrogen-bond donors (Lipinski definition) is 0. The van der Waals surface area contributed by atoms with Crippen molar-refractivity contribution in [3.8, 4) is 10.6 Å². The maximum absolute atomic E-state index is 13.6. The number of thiazole rings is 1. The van der Waals surface area contributed by atoms with Crippen molar-refractivity contribution < 1.29 is 4.79 Å². The molecular formula is C23H22N4OS2.